The van der Waals surface area contributed by atoms with Crippen molar-refractivity contribution in [1.82, 2.24) is 10.6 Å². The van der Waals surface area contributed by atoms with Crippen LogP contribution >= 0.6 is 0 Å². The molecule has 1 saturated carbocycles. The molecule has 4 nitrogen and oxygen atoms in total. The van der Waals surface area contributed by atoms with Gasteiger partial charge in [-0.25, -0.2) is 0 Å². The number of nitrogens with zero attached hydrogens (tertiary/aromatic N) is 1. The molecular formula is C13H27N3O. The minimum absolute atomic E-state index is 0.237. The molecular weight excluding hydrogens is 214 g/mol. The van der Waals surface area contributed by atoms with Crippen LogP contribution in [0.1, 0.15) is 33.6 Å². The zero-order chi connectivity index (χ0) is 13.1. The molecule has 3 atom stereocenters. The van der Waals surface area contributed by atoms with E-state index in [0.717, 1.165) is 18.8 Å². The lowest BCUT2D eigenvalue weighted by Gasteiger charge is -2.60. The molecule has 100 valence electrons. The molecule has 17 heavy (non-hydrogen) atoms. The van der Waals surface area contributed by atoms with Gasteiger partial charge in [0.15, 0.2) is 5.96 Å². The van der Waals surface area contributed by atoms with Crippen LogP contribution in [-0.4, -0.2) is 39.3 Å². The number of hydrogen-bond acceptors (Lipinski definition) is 2. The first-order valence-electron chi connectivity index (χ1n) is 6.55. The van der Waals surface area contributed by atoms with E-state index in [1.165, 1.54) is 0 Å². The molecule has 0 aromatic carbocycles. The summed E-state index contributed by atoms with van der Waals surface area (Å²) in [7, 11) is 5.52. The summed E-state index contributed by atoms with van der Waals surface area (Å²) in [5.74, 6) is 1.38. The Morgan fingerprint density at radius 3 is 2.29 bits per heavy atom. The van der Waals surface area contributed by atoms with Crippen molar-refractivity contribution in [2.45, 2.75) is 45.8 Å². The summed E-state index contributed by atoms with van der Waals surface area (Å²) < 4.78 is 5.67. The van der Waals surface area contributed by atoms with E-state index in [9.17, 15) is 0 Å². The maximum absolute atomic E-state index is 5.67. The van der Waals surface area contributed by atoms with E-state index < -0.39 is 0 Å². The third kappa shape index (κ3) is 2.15. The van der Waals surface area contributed by atoms with Crippen LogP contribution in [-0.2, 0) is 4.74 Å². The van der Waals surface area contributed by atoms with Gasteiger partial charge in [-0.15, -0.1) is 0 Å². The largest absolute Gasteiger partial charge is 0.380 e. The summed E-state index contributed by atoms with van der Waals surface area (Å²) in [6.07, 6.45) is 2.61. The Kier molecular flexibility index (Phi) is 4.80. The first-order chi connectivity index (χ1) is 8.11. The van der Waals surface area contributed by atoms with Crippen LogP contribution in [0.15, 0.2) is 4.99 Å². The van der Waals surface area contributed by atoms with Crippen LogP contribution in [0.2, 0.25) is 0 Å². The highest BCUT2D eigenvalue weighted by molar-refractivity contribution is 5.80. The number of nitrogens with one attached hydrogen (secondary N) is 2. The molecule has 0 aromatic rings. The Hall–Kier alpha value is -0.770. The summed E-state index contributed by atoms with van der Waals surface area (Å²) in [5.41, 5.74) is 0.237. The van der Waals surface area contributed by atoms with Gasteiger partial charge in [-0.05, 0) is 12.8 Å². The molecule has 0 aliphatic heterocycles. The monoisotopic (exact) mass is 241 g/mol. The number of guanidine groups is 1. The number of ether oxygens (including phenoxy) is 1. The second-order valence-corrected chi connectivity index (χ2v) is 4.90. The van der Waals surface area contributed by atoms with Gasteiger partial charge < -0.3 is 15.4 Å². The zero-order valence-electron chi connectivity index (χ0n) is 12.0. The number of methoxy groups -OCH3 is 1. The summed E-state index contributed by atoms with van der Waals surface area (Å²) in [6.45, 7) is 6.74. The quantitative estimate of drug-likeness (QED) is 0.581. The predicted molar refractivity (Wildman–Crippen MR) is 72.3 cm³/mol. The number of rotatable bonds is 4. The fourth-order valence-corrected chi connectivity index (χ4v) is 3.49. The molecule has 1 aliphatic rings. The van der Waals surface area contributed by atoms with Crippen molar-refractivity contribution < 1.29 is 4.74 Å². The van der Waals surface area contributed by atoms with E-state index in [-0.39, 0.29) is 5.41 Å². The third-order valence-electron chi connectivity index (χ3n) is 4.51. The Bertz CT molecular complexity index is 274. The topological polar surface area (TPSA) is 45.7 Å². The molecule has 0 aromatic heterocycles. The first kappa shape index (κ1) is 14.3. The van der Waals surface area contributed by atoms with Crippen molar-refractivity contribution in [1.29, 1.82) is 0 Å². The van der Waals surface area contributed by atoms with Gasteiger partial charge in [-0.1, -0.05) is 20.8 Å². The fourth-order valence-electron chi connectivity index (χ4n) is 3.49. The molecule has 0 bridgehead atoms. The molecule has 1 fully saturated rings. The lowest BCUT2D eigenvalue weighted by molar-refractivity contribution is -0.163. The van der Waals surface area contributed by atoms with Gasteiger partial charge in [-0.3, -0.25) is 4.99 Å². The summed E-state index contributed by atoms with van der Waals surface area (Å²) in [4.78, 5) is 4.20. The Morgan fingerprint density at radius 1 is 1.35 bits per heavy atom. The van der Waals surface area contributed by atoms with Crippen LogP contribution in [0.3, 0.4) is 0 Å². The minimum atomic E-state index is 0.237. The van der Waals surface area contributed by atoms with Crippen LogP contribution in [0.5, 0.6) is 0 Å². The maximum Gasteiger partial charge on any atom is 0.190 e. The van der Waals surface area contributed by atoms with Crippen LogP contribution in [0.4, 0.5) is 0 Å². The van der Waals surface area contributed by atoms with Crippen LogP contribution < -0.4 is 10.6 Å². The van der Waals surface area contributed by atoms with E-state index in [2.05, 4.69) is 36.4 Å². The standard InChI is InChI=1S/C13H27N3O/c1-7-13(8-2)10(9(3)11(13)17-6)16-12(14-4)15-5/h9-11H,7-8H2,1-6H3,(H2,14,15,16). The molecule has 1 rings (SSSR count). The SMILES string of the molecule is CCC1(CC)C(NC(=NC)NC)C(C)C1OC. The number of hydrogen-bond donors (Lipinski definition) is 2. The molecule has 2 N–H and O–H groups in total. The third-order valence-corrected chi connectivity index (χ3v) is 4.51. The van der Waals surface area contributed by atoms with E-state index in [4.69, 9.17) is 4.74 Å². The minimum Gasteiger partial charge on any atom is -0.380 e. The van der Waals surface area contributed by atoms with Crippen LogP contribution in [0, 0.1) is 11.3 Å². The van der Waals surface area contributed by atoms with E-state index in [1.54, 1.807) is 7.05 Å². The zero-order valence-corrected chi connectivity index (χ0v) is 12.0. The maximum atomic E-state index is 5.67. The Balaban J connectivity index is 2.84. The highest BCUT2D eigenvalue weighted by Crippen LogP contribution is 2.52. The van der Waals surface area contributed by atoms with E-state index in [0.29, 0.717) is 18.1 Å². The predicted octanol–water partition coefficient (Wildman–Crippen LogP) is 1.62. The van der Waals surface area contributed by atoms with E-state index >= 15 is 0 Å². The van der Waals surface area contributed by atoms with Gasteiger partial charge in [-0.2, -0.15) is 0 Å². The van der Waals surface area contributed by atoms with Crippen molar-refractivity contribution in [3.63, 3.8) is 0 Å². The molecule has 4 heteroatoms. The highest BCUT2D eigenvalue weighted by Gasteiger charge is 2.58. The number of aliphatic imine (C=N–C) groups is 1. The van der Waals surface area contributed by atoms with Crippen molar-refractivity contribution in [3.05, 3.63) is 0 Å². The second-order valence-electron chi connectivity index (χ2n) is 4.90. The Labute approximate surface area is 105 Å². The van der Waals surface area contributed by atoms with Gasteiger partial charge >= 0.3 is 0 Å². The normalized spacial score (nSPS) is 31.9. The van der Waals surface area contributed by atoms with Crippen LogP contribution in [0.25, 0.3) is 0 Å². The van der Waals surface area contributed by atoms with Crippen molar-refractivity contribution in [2.24, 2.45) is 16.3 Å². The summed E-state index contributed by atoms with van der Waals surface area (Å²) in [5, 5.41) is 6.61. The highest BCUT2D eigenvalue weighted by atomic mass is 16.5. The lowest BCUT2D eigenvalue weighted by atomic mass is 9.53. The molecule has 0 radical (unpaired) electrons. The average molecular weight is 241 g/mol. The van der Waals surface area contributed by atoms with Crippen molar-refractivity contribution in [3.8, 4) is 0 Å². The van der Waals surface area contributed by atoms with Gasteiger partial charge in [0.05, 0.1) is 6.10 Å². The van der Waals surface area contributed by atoms with Gasteiger partial charge in [0, 0.05) is 38.6 Å². The van der Waals surface area contributed by atoms with E-state index in [1.807, 2.05) is 14.2 Å². The molecule has 0 saturated heterocycles. The average Bonchev–Trinajstić information content (AvgIpc) is 2.36. The molecule has 0 heterocycles. The summed E-state index contributed by atoms with van der Waals surface area (Å²) in [6, 6.07) is 0.439. The van der Waals surface area contributed by atoms with Crippen molar-refractivity contribution >= 4 is 5.96 Å². The molecule has 1 aliphatic carbocycles. The van der Waals surface area contributed by atoms with Gasteiger partial charge in [0.2, 0.25) is 0 Å². The summed E-state index contributed by atoms with van der Waals surface area (Å²) >= 11 is 0. The molecule has 3 unspecified atom stereocenters. The Morgan fingerprint density at radius 2 is 1.94 bits per heavy atom. The molecule has 0 amide bonds. The smallest absolute Gasteiger partial charge is 0.190 e. The van der Waals surface area contributed by atoms with Gasteiger partial charge in [0.1, 0.15) is 0 Å². The first-order valence-corrected chi connectivity index (χ1v) is 6.55. The fraction of sp³-hybridized carbons (Fsp3) is 0.923. The second kappa shape index (κ2) is 5.71. The van der Waals surface area contributed by atoms with Crippen molar-refractivity contribution in [2.75, 3.05) is 21.2 Å². The lowest BCUT2D eigenvalue weighted by Crippen LogP contribution is -2.70. The molecule has 0 spiro atoms. The van der Waals surface area contributed by atoms with Gasteiger partial charge in [0.25, 0.3) is 0 Å².